The van der Waals surface area contributed by atoms with Crippen LogP contribution in [0.1, 0.15) is 5.56 Å². The van der Waals surface area contributed by atoms with Crippen molar-refractivity contribution >= 4 is 21.5 Å². The van der Waals surface area contributed by atoms with Gasteiger partial charge in [0.05, 0.1) is 19.6 Å². The van der Waals surface area contributed by atoms with Gasteiger partial charge in [-0.05, 0) is 16.3 Å². The first-order valence-corrected chi connectivity index (χ1v) is 6.20. The molecule has 0 N–H and O–H groups in total. The van der Waals surface area contributed by atoms with E-state index < -0.39 is 0 Å². The number of benzene rings is 3. The third kappa shape index (κ3) is 1.71. The van der Waals surface area contributed by atoms with Gasteiger partial charge in [0.1, 0.15) is 5.75 Å². The Morgan fingerprint density at radius 1 is 0.895 bits per heavy atom. The predicted molar refractivity (Wildman–Crippen MR) is 77.3 cm³/mol. The maximum atomic E-state index is 9.08. The van der Waals surface area contributed by atoms with Crippen molar-refractivity contribution in [1.29, 1.82) is 5.26 Å². The first-order valence-electron chi connectivity index (χ1n) is 6.20. The van der Waals surface area contributed by atoms with Crippen LogP contribution >= 0.6 is 0 Å². The van der Waals surface area contributed by atoms with Crippen molar-refractivity contribution in [3.05, 3.63) is 54.1 Å². The van der Waals surface area contributed by atoms with Gasteiger partial charge in [-0.2, -0.15) is 5.26 Å². The van der Waals surface area contributed by atoms with E-state index in [1.165, 1.54) is 0 Å². The van der Waals surface area contributed by atoms with Gasteiger partial charge in [-0.25, -0.2) is 0 Å². The van der Waals surface area contributed by atoms with Crippen molar-refractivity contribution in [3.8, 4) is 11.8 Å². The fourth-order valence-corrected chi connectivity index (χ4v) is 2.67. The molecule has 0 aliphatic carbocycles. The third-order valence-corrected chi connectivity index (χ3v) is 3.45. The SMILES string of the molecule is COc1c2ccccc2c(CC#N)c2ccccc12. The lowest BCUT2D eigenvalue weighted by Crippen LogP contribution is -1.93. The molecule has 3 aromatic carbocycles. The Kier molecular flexibility index (Phi) is 2.81. The van der Waals surface area contributed by atoms with E-state index >= 15 is 0 Å². The molecule has 0 saturated heterocycles. The van der Waals surface area contributed by atoms with Crippen LogP contribution in [0.2, 0.25) is 0 Å². The summed E-state index contributed by atoms with van der Waals surface area (Å²) in [6.45, 7) is 0. The van der Waals surface area contributed by atoms with Crippen LogP contribution in [-0.2, 0) is 6.42 Å². The highest BCUT2D eigenvalue weighted by atomic mass is 16.5. The van der Waals surface area contributed by atoms with Crippen LogP contribution in [0.3, 0.4) is 0 Å². The van der Waals surface area contributed by atoms with Gasteiger partial charge in [0.15, 0.2) is 0 Å². The maximum Gasteiger partial charge on any atom is 0.134 e. The molecule has 0 amide bonds. The van der Waals surface area contributed by atoms with E-state index in [0.717, 1.165) is 32.9 Å². The normalized spacial score (nSPS) is 10.5. The van der Waals surface area contributed by atoms with Crippen LogP contribution < -0.4 is 4.74 Å². The number of fused-ring (bicyclic) bond motifs is 2. The maximum absolute atomic E-state index is 9.08. The summed E-state index contributed by atoms with van der Waals surface area (Å²) in [6, 6.07) is 18.4. The Morgan fingerprint density at radius 3 is 1.79 bits per heavy atom. The van der Waals surface area contributed by atoms with Gasteiger partial charge in [0, 0.05) is 10.8 Å². The molecule has 0 fully saturated rings. The molecule has 0 spiro atoms. The van der Waals surface area contributed by atoms with Crippen LogP contribution in [0, 0.1) is 11.3 Å². The highest BCUT2D eigenvalue weighted by Gasteiger charge is 2.13. The third-order valence-electron chi connectivity index (χ3n) is 3.45. The van der Waals surface area contributed by atoms with Crippen molar-refractivity contribution in [1.82, 2.24) is 0 Å². The molecule has 3 rings (SSSR count). The molecule has 2 nitrogen and oxygen atoms in total. The van der Waals surface area contributed by atoms with Crippen LogP contribution in [0.25, 0.3) is 21.5 Å². The zero-order valence-electron chi connectivity index (χ0n) is 10.7. The number of ether oxygens (including phenoxy) is 1. The van der Waals surface area contributed by atoms with Gasteiger partial charge in [0.2, 0.25) is 0 Å². The fourth-order valence-electron chi connectivity index (χ4n) is 2.67. The second-order valence-corrected chi connectivity index (χ2v) is 4.44. The lowest BCUT2D eigenvalue weighted by atomic mass is 9.94. The van der Waals surface area contributed by atoms with E-state index in [1.807, 2.05) is 36.4 Å². The molecule has 0 aliphatic rings. The molecule has 0 aromatic heterocycles. The van der Waals surface area contributed by atoms with E-state index in [0.29, 0.717) is 6.42 Å². The van der Waals surface area contributed by atoms with E-state index in [4.69, 9.17) is 10.00 Å². The van der Waals surface area contributed by atoms with E-state index in [1.54, 1.807) is 7.11 Å². The van der Waals surface area contributed by atoms with E-state index in [9.17, 15) is 0 Å². The number of nitriles is 1. The van der Waals surface area contributed by atoms with Crippen LogP contribution in [-0.4, -0.2) is 7.11 Å². The van der Waals surface area contributed by atoms with Crippen molar-refractivity contribution in [2.45, 2.75) is 6.42 Å². The minimum atomic E-state index is 0.408. The summed E-state index contributed by atoms with van der Waals surface area (Å²) in [7, 11) is 1.69. The Balaban J connectivity index is 2.58. The van der Waals surface area contributed by atoms with Gasteiger partial charge < -0.3 is 4.74 Å². The van der Waals surface area contributed by atoms with E-state index in [-0.39, 0.29) is 0 Å². The number of hydrogen-bond donors (Lipinski definition) is 0. The average molecular weight is 247 g/mol. The predicted octanol–water partition coefficient (Wildman–Crippen LogP) is 4.07. The summed E-state index contributed by atoms with van der Waals surface area (Å²) < 4.78 is 5.59. The number of nitrogens with zero attached hydrogens (tertiary/aromatic N) is 1. The zero-order chi connectivity index (χ0) is 13.2. The molecule has 0 saturated carbocycles. The molecular formula is C17H13NO. The lowest BCUT2D eigenvalue weighted by Gasteiger charge is -2.14. The second kappa shape index (κ2) is 4.62. The molecule has 92 valence electrons. The Labute approximate surface area is 111 Å². The molecule has 0 atom stereocenters. The summed E-state index contributed by atoms with van der Waals surface area (Å²) in [5.74, 6) is 0.882. The van der Waals surface area contributed by atoms with Crippen molar-refractivity contribution in [2.75, 3.05) is 7.11 Å². The largest absolute Gasteiger partial charge is 0.495 e. The standard InChI is InChI=1S/C17H13NO/c1-19-17-15-8-4-2-6-12(15)14(10-11-18)13-7-3-5-9-16(13)17/h2-9H,10H2,1H3. The average Bonchev–Trinajstić information content (AvgIpc) is 2.47. The summed E-state index contributed by atoms with van der Waals surface area (Å²) in [5, 5.41) is 13.4. The first-order chi connectivity index (χ1) is 9.36. The van der Waals surface area contributed by atoms with Gasteiger partial charge in [-0.1, -0.05) is 48.5 Å². The Morgan fingerprint density at radius 2 is 1.37 bits per heavy atom. The Bertz CT molecular complexity index is 742. The molecule has 0 radical (unpaired) electrons. The minimum Gasteiger partial charge on any atom is -0.495 e. The highest BCUT2D eigenvalue weighted by molar-refractivity contribution is 6.08. The first kappa shape index (κ1) is 11.6. The zero-order valence-corrected chi connectivity index (χ0v) is 10.7. The summed E-state index contributed by atoms with van der Waals surface area (Å²) >= 11 is 0. The van der Waals surface area contributed by atoms with Gasteiger partial charge in [-0.3, -0.25) is 0 Å². The molecule has 3 aromatic rings. The molecule has 19 heavy (non-hydrogen) atoms. The minimum absolute atomic E-state index is 0.408. The van der Waals surface area contributed by atoms with Gasteiger partial charge in [-0.15, -0.1) is 0 Å². The fraction of sp³-hybridized carbons (Fsp3) is 0.118. The molecule has 0 aliphatic heterocycles. The van der Waals surface area contributed by atoms with E-state index in [2.05, 4.69) is 18.2 Å². The molecule has 0 bridgehead atoms. The number of methoxy groups -OCH3 is 1. The smallest absolute Gasteiger partial charge is 0.134 e. The second-order valence-electron chi connectivity index (χ2n) is 4.44. The highest BCUT2D eigenvalue weighted by Crippen LogP contribution is 2.38. The summed E-state index contributed by atoms with van der Waals surface area (Å²) in [5.41, 5.74) is 1.08. The summed E-state index contributed by atoms with van der Waals surface area (Å²) in [6.07, 6.45) is 0.408. The Hall–Kier alpha value is -2.53. The quantitative estimate of drug-likeness (QED) is 0.639. The van der Waals surface area contributed by atoms with Gasteiger partial charge >= 0.3 is 0 Å². The lowest BCUT2D eigenvalue weighted by molar-refractivity contribution is 0.424. The van der Waals surface area contributed by atoms with Crippen LogP contribution in [0.15, 0.2) is 48.5 Å². The number of rotatable bonds is 2. The van der Waals surface area contributed by atoms with Crippen molar-refractivity contribution in [3.63, 3.8) is 0 Å². The molecular weight excluding hydrogens is 234 g/mol. The van der Waals surface area contributed by atoms with Crippen LogP contribution in [0.4, 0.5) is 0 Å². The number of hydrogen-bond acceptors (Lipinski definition) is 2. The van der Waals surface area contributed by atoms with Crippen LogP contribution in [0.5, 0.6) is 5.75 Å². The monoisotopic (exact) mass is 247 g/mol. The molecule has 0 unspecified atom stereocenters. The molecule has 2 heteroatoms. The summed E-state index contributed by atoms with van der Waals surface area (Å²) in [4.78, 5) is 0. The topological polar surface area (TPSA) is 33.0 Å². The van der Waals surface area contributed by atoms with Crippen molar-refractivity contribution < 1.29 is 4.74 Å². The van der Waals surface area contributed by atoms with Gasteiger partial charge in [0.25, 0.3) is 0 Å². The molecule has 0 heterocycles. The van der Waals surface area contributed by atoms with Crippen molar-refractivity contribution in [2.24, 2.45) is 0 Å².